The van der Waals surface area contributed by atoms with Crippen LogP contribution in [0.25, 0.3) is 5.69 Å². The van der Waals surface area contributed by atoms with Crippen molar-refractivity contribution < 1.29 is 9.18 Å². The maximum absolute atomic E-state index is 13.3. The molecule has 5 nitrogen and oxygen atoms in total. The predicted molar refractivity (Wildman–Crippen MR) is 122 cm³/mol. The minimum absolute atomic E-state index is 0.0335. The number of hydrogen-bond acceptors (Lipinski definition) is 3. The molecule has 1 amide bonds. The summed E-state index contributed by atoms with van der Waals surface area (Å²) in [4.78, 5) is 14.4. The van der Waals surface area contributed by atoms with Crippen LogP contribution in [0.3, 0.4) is 0 Å². The first-order valence-electron chi connectivity index (χ1n) is 11.2. The van der Waals surface area contributed by atoms with Crippen molar-refractivity contribution in [2.24, 2.45) is 5.92 Å². The summed E-state index contributed by atoms with van der Waals surface area (Å²) in [5.41, 5.74) is 4.72. The van der Waals surface area contributed by atoms with Gasteiger partial charge in [0.2, 0.25) is 5.91 Å². The Hall–Kier alpha value is -2.99. The summed E-state index contributed by atoms with van der Waals surface area (Å²) in [7, 11) is 1.87. The average Bonchev–Trinajstić information content (AvgIpc) is 3.43. The minimum atomic E-state index is -0.273. The van der Waals surface area contributed by atoms with Gasteiger partial charge in [-0.05, 0) is 47.2 Å². The van der Waals surface area contributed by atoms with Gasteiger partial charge in [-0.1, -0.05) is 38.1 Å². The SMILES string of the molecule is CN1C(=O)C[C@H](CNC2CC(C)(C)c3ccccc32)[C@H]1c1cnn(-c2ccc(F)cc2)c1. The van der Waals surface area contributed by atoms with Crippen LogP contribution < -0.4 is 5.32 Å². The average molecular weight is 433 g/mol. The van der Waals surface area contributed by atoms with Gasteiger partial charge in [-0.15, -0.1) is 0 Å². The quantitative estimate of drug-likeness (QED) is 0.644. The number of rotatable bonds is 5. The molecule has 3 aromatic rings. The molecular weight excluding hydrogens is 403 g/mol. The molecule has 2 aromatic carbocycles. The molecule has 5 rings (SSSR count). The van der Waals surface area contributed by atoms with Crippen LogP contribution in [0.2, 0.25) is 0 Å². The first-order valence-corrected chi connectivity index (χ1v) is 11.2. The van der Waals surface area contributed by atoms with Crippen LogP contribution in [0.1, 0.15) is 55.5 Å². The van der Waals surface area contributed by atoms with Crippen LogP contribution in [0.15, 0.2) is 60.9 Å². The first kappa shape index (κ1) is 20.9. The molecule has 1 aliphatic carbocycles. The molecule has 6 heteroatoms. The summed E-state index contributed by atoms with van der Waals surface area (Å²) >= 11 is 0. The number of benzene rings is 2. The molecule has 1 saturated heterocycles. The van der Waals surface area contributed by atoms with Gasteiger partial charge in [0.05, 0.1) is 17.9 Å². The van der Waals surface area contributed by atoms with Gasteiger partial charge in [0.15, 0.2) is 0 Å². The van der Waals surface area contributed by atoms with Crippen molar-refractivity contribution >= 4 is 5.91 Å². The van der Waals surface area contributed by atoms with E-state index in [9.17, 15) is 9.18 Å². The predicted octanol–water partition coefficient (Wildman–Crippen LogP) is 4.54. The van der Waals surface area contributed by atoms with Crippen molar-refractivity contribution in [3.63, 3.8) is 0 Å². The number of amides is 1. The zero-order chi connectivity index (χ0) is 22.5. The second-order valence-corrected chi connectivity index (χ2v) is 9.74. The fraction of sp³-hybridized carbons (Fsp3) is 0.385. The van der Waals surface area contributed by atoms with Gasteiger partial charge in [-0.25, -0.2) is 9.07 Å². The number of fused-ring (bicyclic) bond motifs is 1. The normalized spacial score (nSPS) is 24.2. The molecule has 1 aliphatic heterocycles. The summed E-state index contributed by atoms with van der Waals surface area (Å²) in [5.74, 6) is 0.0442. The molecule has 2 heterocycles. The highest BCUT2D eigenvalue weighted by molar-refractivity contribution is 5.79. The third-order valence-electron chi connectivity index (χ3n) is 7.14. The highest BCUT2D eigenvalue weighted by Crippen LogP contribution is 2.45. The second-order valence-electron chi connectivity index (χ2n) is 9.74. The largest absolute Gasteiger partial charge is 0.338 e. The van der Waals surface area contributed by atoms with Gasteiger partial charge >= 0.3 is 0 Å². The van der Waals surface area contributed by atoms with Gasteiger partial charge in [0.1, 0.15) is 5.82 Å². The van der Waals surface area contributed by atoms with Crippen molar-refractivity contribution in [1.82, 2.24) is 20.0 Å². The van der Waals surface area contributed by atoms with E-state index >= 15 is 0 Å². The Morgan fingerprint density at radius 3 is 2.69 bits per heavy atom. The lowest BCUT2D eigenvalue weighted by atomic mass is 9.86. The molecular formula is C26H29FN4O. The van der Waals surface area contributed by atoms with E-state index in [0.29, 0.717) is 12.5 Å². The summed E-state index contributed by atoms with van der Waals surface area (Å²) in [6, 6.07) is 15.2. The van der Waals surface area contributed by atoms with E-state index in [-0.39, 0.29) is 29.1 Å². The second kappa shape index (κ2) is 7.85. The molecule has 0 saturated carbocycles. The first-order chi connectivity index (χ1) is 15.3. The molecule has 1 unspecified atom stereocenters. The van der Waals surface area contributed by atoms with E-state index in [4.69, 9.17) is 0 Å². The van der Waals surface area contributed by atoms with Gasteiger partial charge in [0.25, 0.3) is 0 Å². The molecule has 0 bridgehead atoms. The fourth-order valence-electron chi connectivity index (χ4n) is 5.48. The van der Waals surface area contributed by atoms with Gasteiger partial charge < -0.3 is 10.2 Å². The number of carbonyl (C=O) groups is 1. The molecule has 3 atom stereocenters. The number of nitrogens with zero attached hydrogens (tertiary/aromatic N) is 3. The topological polar surface area (TPSA) is 50.2 Å². The smallest absolute Gasteiger partial charge is 0.223 e. The number of hydrogen-bond donors (Lipinski definition) is 1. The highest BCUT2D eigenvalue weighted by atomic mass is 19.1. The molecule has 0 radical (unpaired) electrons. The zero-order valence-electron chi connectivity index (χ0n) is 18.8. The van der Waals surface area contributed by atoms with Crippen LogP contribution in [0, 0.1) is 11.7 Å². The number of aromatic nitrogens is 2. The van der Waals surface area contributed by atoms with E-state index in [1.54, 1.807) is 16.8 Å². The summed E-state index contributed by atoms with van der Waals surface area (Å²) < 4.78 is 15.0. The van der Waals surface area contributed by atoms with Crippen molar-refractivity contribution in [3.8, 4) is 5.69 Å². The lowest BCUT2D eigenvalue weighted by Gasteiger charge is -2.26. The summed E-state index contributed by atoms with van der Waals surface area (Å²) in [6.45, 7) is 5.36. The Morgan fingerprint density at radius 2 is 1.91 bits per heavy atom. The van der Waals surface area contributed by atoms with E-state index in [0.717, 1.165) is 24.2 Å². The van der Waals surface area contributed by atoms with Gasteiger partial charge in [-0.2, -0.15) is 5.10 Å². The van der Waals surface area contributed by atoms with E-state index in [1.807, 2.05) is 24.3 Å². The number of halogens is 1. The van der Waals surface area contributed by atoms with Crippen LogP contribution in [-0.4, -0.2) is 34.2 Å². The molecule has 1 fully saturated rings. The van der Waals surface area contributed by atoms with Crippen LogP contribution in [-0.2, 0) is 10.2 Å². The Balaban J connectivity index is 1.35. The third kappa shape index (κ3) is 3.62. The van der Waals surface area contributed by atoms with Crippen molar-refractivity contribution in [3.05, 3.63) is 83.4 Å². The maximum Gasteiger partial charge on any atom is 0.223 e. The zero-order valence-corrected chi connectivity index (χ0v) is 18.8. The fourth-order valence-corrected chi connectivity index (χ4v) is 5.48. The summed E-state index contributed by atoms with van der Waals surface area (Å²) in [6.07, 6.45) is 5.35. The van der Waals surface area contributed by atoms with Gasteiger partial charge in [-0.3, -0.25) is 4.79 Å². The number of carbonyl (C=O) groups excluding carboxylic acids is 1. The lowest BCUT2D eigenvalue weighted by molar-refractivity contribution is -0.127. The maximum atomic E-state index is 13.3. The molecule has 0 spiro atoms. The minimum Gasteiger partial charge on any atom is -0.338 e. The van der Waals surface area contributed by atoms with E-state index in [2.05, 4.69) is 48.5 Å². The van der Waals surface area contributed by atoms with Gasteiger partial charge in [0, 0.05) is 43.7 Å². The van der Waals surface area contributed by atoms with E-state index in [1.165, 1.54) is 23.3 Å². The Kier molecular flexibility index (Phi) is 5.13. The summed E-state index contributed by atoms with van der Waals surface area (Å²) in [5, 5.41) is 8.25. The highest BCUT2D eigenvalue weighted by Gasteiger charge is 2.41. The van der Waals surface area contributed by atoms with Crippen molar-refractivity contribution in [2.45, 2.75) is 44.2 Å². The molecule has 32 heavy (non-hydrogen) atoms. The van der Waals surface area contributed by atoms with Crippen molar-refractivity contribution in [2.75, 3.05) is 13.6 Å². The van der Waals surface area contributed by atoms with Crippen LogP contribution >= 0.6 is 0 Å². The van der Waals surface area contributed by atoms with E-state index < -0.39 is 0 Å². The Morgan fingerprint density at radius 1 is 1.16 bits per heavy atom. The third-order valence-corrected chi connectivity index (χ3v) is 7.14. The molecule has 1 N–H and O–H groups in total. The lowest BCUT2D eigenvalue weighted by Crippen LogP contribution is -2.31. The molecule has 1 aromatic heterocycles. The Labute approximate surface area is 188 Å². The number of likely N-dealkylation sites (tertiary alicyclic amines) is 1. The van der Waals surface area contributed by atoms with Crippen LogP contribution in [0.5, 0.6) is 0 Å². The standard InChI is InChI=1S/C26H29FN4O/c1-26(2)13-23(21-6-4-5-7-22(21)26)28-14-17-12-24(32)30(3)25(17)18-15-29-31(16-18)20-10-8-19(27)9-11-20/h4-11,15-17,23,25,28H,12-14H2,1-3H3/t17-,23?,25+/m1/s1. The van der Waals surface area contributed by atoms with Crippen LogP contribution in [0.4, 0.5) is 4.39 Å². The monoisotopic (exact) mass is 432 g/mol. The number of nitrogens with one attached hydrogen (secondary N) is 1. The molecule has 166 valence electrons. The van der Waals surface area contributed by atoms with Crippen molar-refractivity contribution in [1.29, 1.82) is 0 Å². The molecule has 2 aliphatic rings. The Bertz CT molecular complexity index is 1140.